The largest absolute Gasteiger partial charge is 0.433 e. The van der Waals surface area contributed by atoms with E-state index < -0.39 is 11.9 Å². The molecule has 0 aliphatic heterocycles. The van der Waals surface area contributed by atoms with Gasteiger partial charge in [0.15, 0.2) is 5.69 Å². The second-order valence-corrected chi connectivity index (χ2v) is 5.92. The lowest BCUT2D eigenvalue weighted by molar-refractivity contribution is -0.141. The van der Waals surface area contributed by atoms with Crippen LogP contribution < -0.4 is 10.2 Å². The zero-order valence-electron chi connectivity index (χ0n) is 12.4. The maximum atomic E-state index is 12.9. The van der Waals surface area contributed by atoms with E-state index in [0.717, 1.165) is 16.8 Å². The summed E-state index contributed by atoms with van der Waals surface area (Å²) in [6.07, 6.45) is -3.91. The summed E-state index contributed by atoms with van der Waals surface area (Å²) >= 11 is 1.54. The molecule has 2 rings (SSSR count). The Morgan fingerprint density at radius 3 is 2.50 bits per heavy atom. The van der Waals surface area contributed by atoms with Crippen LogP contribution in [-0.4, -0.2) is 35.6 Å². The topological polar surface area (TPSA) is 53.9 Å². The van der Waals surface area contributed by atoms with Gasteiger partial charge in [-0.25, -0.2) is 9.97 Å². The van der Waals surface area contributed by atoms with Crippen molar-refractivity contribution in [1.29, 1.82) is 0 Å². The van der Waals surface area contributed by atoms with Gasteiger partial charge in [-0.3, -0.25) is 0 Å². The summed E-state index contributed by atoms with van der Waals surface area (Å²) < 4.78 is 38.6. The van der Waals surface area contributed by atoms with E-state index in [1.807, 2.05) is 12.3 Å². The van der Waals surface area contributed by atoms with Crippen molar-refractivity contribution in [1.82, 2.24) is 15.0 Å². The Kier molecular flexibility index (Phi) is 4.84. The van der Waals surface area contributed by atoms with Crippen LogP contribution in [0.25, 0.3) is 0 Å². The van der Waals surface area contributed by atoms with Gasteiger partial charge in [0.25, 0.3) is 0 Å². The highest BCUT2D eigenvalue weighted by Gasteiger charge is 2.33. The molecule has 0 fully saturated rings. The summed E-state index contributed by atoms with van der Waals surface area (Å²) in [4.78, 5) is 13.4. The second-order valence-electron chi connectivity index (χ2n) is 4.86. The number of halogens is 3. The van der Waals surface area contributed by atoms with Crippen molar-refractivity contribution in [2.75, 3.05) is 30.9 Å². The van der Waals surface area contributed by atoms with Crippen LogP contribution in [0.2, 0.25) is 0 Å². The van der Waals surface area contributed by atoms with Crippen LogP contribution >= 0.6 is 11.3 Å². The molecule has 0 unspecified atom stereocenters. The van der Waals surface area contributed by atoms with Gasteiger partial charge in [-0.2, -0.15) is 18.2 Å². The zero-order valence-corrected chi connectivity index (χ0v) is 13.2. The maximum absolute atomic E-state index is 12.9. The summed E-state index contributed by atoms with van der Waals surface area (Å²) in [6.45, 7) is 2.32. The fraction of sp³-hybridized carbons (Fsp3) is 0.462. The lowest BCUT2D eigenvalue weighted by Crippen LogP contribution is -2.18. The number of anilines is 2. The third kappa shape index (κ3) is 4.30. The van der Waals surface area contributed by atoms with Gasteiger partial charge in [-0.05, 0) is 6.92 Å². The van der Waals surface area contributed by atoms with Crippen LogP contribution in [-0.2, 0) is 12.6 Å². The molecule has 1 N–H and O–H groups in total. The Labute approximate surface area is 130 Å². The number of alkyl halides is 3. The van der Waals surface area contributed by atoms with Crippen LogP contribution in [0.5, 0.6) is 0 Å². The van der Waals surface area contributed by atoms with E-state index in [2.05, 4.69) is 20.3 Å². The minimum absolute atomic E-state index is 0.0366. The van der Waals surface area contributed by atoms with E-state index in [-0.39, 0.29) is 11.8 Å². The van der Waals surface area contributed by atoms with E-state index in [1.165, 1.54) is 16.2 Å². The van der Waals surface area contributed by atoms with Crippen molar-refractivity contribution >= 4 is 23.1 Å². The fourth-order valence-corrected chi connectivity index (χ4v) is 2.36. The minimum Gasteiger partial charge on any atom is -0.363 e. The zero-order chi connectivity index (χ0) is 16.3. The molecule has 0 saturated carbocycles. The molecule has 0 atom stereocenters. The summed E-state index contributed by atoms with van der Waals surface area (Å²) in [7, 11) is 3.26. The molecule has 0 amide bonds. The summed E-state index contributed by atoms with van der Waals surface area (Å²) in [6, 6.07) is 0.926. The molecule has 2 aromatic rings. The molecule has 0 aliphatic rings. The SMILES string of the molecule is Cc1nc(CCNc2nc(N(C)C)cc(C(F)(F)F)n2)cs1. The lowest BCUT2D eigenvalue weighted by atomic mass is 10.3. The Balaban J connectivity index is 2.10. The molecule has 2 heterocycles. The van der Waals surface area contributed by atoms with Crippen LogP contribution in [0.4, 0.5) is 24.9 Å². The molecule has 0 aromatic carbocycles. The number of nitrogens with one attached hydrogen (secondary N) is 1. The van der Waals surface area contributed by atoms with Gasteiger partial charge < -0.3 is 10.2 Å². The quantitative estimate of drug-likeness (QED) is 0.913. The average molecular weight is 331 g/mol. The standard InChI is InChI=1S/C13H16F3N5S/c1-8-18-9(7-22-8)4-5-17-12-19-10(13(14,15)16)6-11(20-12)21(2)3/h6-7H,4-5H2,1-3H3,(H,17,19,20). The van der Waals surface area contributed by atoms with Crippen LogP contribution in [0.15, 0.2) is 11.4 Å². The molecular formula is C13H16F3N5S. The highest BCUT2D eigenvalue weighted by Crippen LogP contribution is 2.30. The van der Waals surface area contributed by atoms with Crippen molar-refractivity contribution in [3.05, 3.63) is 27.8 Å². The summed E-state index contributed by atoms with van der Waals surface area (Å²) in [5, 5.41) is 5.71. The first-order valence-electron chi connectivity index (χ1n) is 6.54. The van der Waals surface area contributed by atoms with Crippen molar-refractivity contribution in [3.63, 3.8) is 0 Å². The third-order valence-electron chi connectivity index (χ3n) is 2.79. The van der Waals surface area contributed by atoms with Gasteiger partial charge in [-0.15, -0.1) is 11.3 Å². The van der Waals surface area contributed by atoms with E-state index in [1.54, 1.807) is 14.1 Å². The third-order valence-corrected chi connectivity index (χ3v) is 3.61. The van der Waals surface area contributed by atoms with E-state index in [4.69, 9.17) is 0 Å². The molecule has 120 valence electrons. The minimum atomic E-state index is -4.50. The number of hydrogen-bond donors (Lipinski definition) is 1. The van der Waals surface area contributed by atoms with E-state index in [0.29, 0.717) is 13.0 Å². The number of nitrogens with zero attached hydrogens (tertiary/aromatic N) is 4. The van der Waals surface area contributed by atoms with Crippen molar-refractivity contribution in [2.45, 2.75) is 19.5 Å². The van der Waals surface area contributed by atoms with Crippen LogP contribution in [0.3, 0.4) is 0 Å². The smallest absolute Gasteiger partial charge is 0.363 e. The van der Waals surface area contributed by atoms with Crippen LogP contribution in [0.1, 0.15) is 16.4 Å². The number of hydrogen-bond acceptors (Lipinski definition) is 6. The van der Waals surface area contributed by atoms with Crippen LogP contribution in [0, 0.1) is 6.92 Å². The molecular weight excluding hydrogens is 315 g/mol. The van der Waals surface area contributed by atoms with Gasteiger partial charge >= 0.3 is 6.18 Å². The first kappa shape index (κ1) is 16.5. The predicted molar refractivity (Wildman–Crippen MR) is 80.4 cm³/mol. The molecule has 2 aromatic heterocycles. The molecule has 5 nitrogen and oxygen atoms in total. The van der Waals surface area contributed by atoms with E-state index in [9.17, 15) is 13.2 Å². The number of aryl methyl sites for hydroxylation is 1. The molecule has 9 heteroatoms. The highest BCUT2D eigenvalue weighted by molar-refractivity contribution is 7.09. The lowest BCUT2D eigenvalue weighted by Gasteiger charge is -2.15. The van der Waals surface area contributed by atoms with Gasteiger partial charge in [0, 0.05) is 38.5 Å². The van der Waals surface area contributed by atoms with Gasteiger partial charge in [-0.1, -0.05) is 0 Å². The number of thiazole rings is 1. The molecule has 0 aliphatic carbocycles. The molecule has 22 heavy (non-hydrogen) atoms. The van der Waals surface area contributed by atoms with Crippen molar-refractivity contribution in [3.8, 4) is 0 Å². The normalized spacial score (nSPS) is 11.5. The molecule has 0 saturated heterocycles. The first-order chi connectivity index (χ1) is 10.3. The Hall–Kier alpha value is -1.90. The fourth-order valence-electron chi connectivity index (χ4n) is 1.71. The van der Waals surface area contributed by atoms with Gasteiger partial charge in [0.2, 0.25) is 5.95 Å². The van der Waals surface area contributed by atoms with Crippen molar-refractivity contribution in [2.24, 2.45) is 0 Å². The van der Waals surface area contributed by atoms with Gasteiger partial charge in [0.05, 0.1) is 10.7 Å². The Bertz CT molecular complexity index is 639. The summed E-state index contributed by atoms with van der Waals surface area (Å²) in [5.41, 5.74) is -0.0620. The molecule has 0 bridgehead atoms. The summed E-state index contributed by atoms with van der Waals surface area (Å²) in [5.74, 6) is 0.166. The average Bonchev–Trinajstić information content (AvgIpc) is 2.83. The number of aromatic nitrogens is 3. The molecule has 0 radical (unpaired) electrons. The highest BCUT2D eigenvalue weighted by atomic mass is 32.1. The molecule has 0 spiro atoms. The second kappa shape index (κ2) is 6.47. The predicted octanol–water partition coefficient (Wildman–Crippen LogP) is 2.98. The van der Waals surface area contributed by atoms with Gasteiger partial charge in [0.1, 0.15) is 5.82 Å². The number of rotatable bonds is 5. The maximum Gasteiger partial charge on any atom is 0.433 e. The monoisotopic (exact) mass is 331 g/mol. The van der Waals surface area contributed by atoms with E-state index >= 15 is 0 Å². The Morgan fingerprint density at radius 2 is 1.95 bits per heavy atom. The first-order valence-corrected chi connectivity index (χ1v) is 7.42. The van der Waals surface area contributed by atoms with Crippen molar-refractivity contribution < 1.29 is 13.2 Å². The Morgan fingerprint density at radius 1 is 1.23 bits per heavy atom.